The van der Waals surface area contributed by atoms with Crippen LogP contribution < -0.4 is 0 Å². The molecule has 0 saturated carbocycles. The zero-order valence-electron chi connectivity index (χ0n) is 17.7. The summed E-state index contributed by atoms with van der Waals surface area (Å²) in [5, 5.41) is 22.5. The van der Waals surface area contributed by atoms with Crippen LogP contribution in [0.15, 0.2) is 76.7 Å². The molecule has 0 fully saturated rings. The summed E-state index contributed by atoms with van der Waals surface area (Å²) in [6.45, 7) is 1.25. The van der Waals surface area contributed by atoms with Crippen molar-refractivity contribution in [3.05, 3.63) is 104 Å². The first-order chi connectivity index (χ1) is 16.3. The minimum atomic E-state index is -1.22. The van der Waals surface area contributed by atoms with Gasteiger partial charge in [-0.25, -0.2) is 0 Å². The van der Waals surface area contributed by atoms with Gasteiger partial charge in [0.05, 0.1) is 32.5 Å². The molecule has 0 aromatic heterocycles. The Labute approximate surface area is 192 Å². The van der Waals surface area contributed by atoms with Crippen molar-refractivity contribution in [2.45, 2.75) is 6.92 Å². The summed E-state index contributed by atoms with van der Waals surface area (Å²) in [7, 11) is 0. The molecule has 10 nitrogen and oxygen atoms in total. The van der Waals surface area contributed by atoms with Crippen molar-refractivity contribution in [2.24, 2.45) is 15.9 Å². The number of hydrogen-bond donors (Lipinski definition) is 0. The largest absolute Gasteiger partial charge is 0.299 e. The Kier molecular flexibility index (Phi) is 5.88. The number of ketones is 2. The maximum atomic E-state index is 12.8. The molecule has 0 aliphatic heterocycles. The zero-order valence-corrected chi connectivity index (χ0v) is 17.7. The number of nitrogens with zero attached hydrogens (tertiary/aromatic N) is 4. The van der Waals surface area contributed by atoms with E-state index in [-0.39, 0.29) is 28.2 Å². The lowest BCUT2D eigenvalue weighted by atomic mass is 9.99. The number of aliphatic imine (C=N–C) groups is 2. The van der Waals surface area contributed by atoms with Crippen molar-refractivity contribution in [1.82, 2.24) is 0 Å². The zero-order chi connectivity index (χ0) is 24.4. The second-order valence-corrected chi connectivity index (χ2v) is 7.45. The molecule has 0 heterocycles. The molecule has 1 aliphatic carbocycles. The van der Waals surface area contributed by atoms with Crippen LogP contribution >= 0.6 is 0 Å². The number of benzene rings is 3. The van der Waals surface area contributed by atoms with Gasteiger partial charge in [0.25, 0.3) is 11.4 Å². The van der Waals surface area contributed by atoms with E-state index in [1.165, 1.54) is 37.4 Å². The Morgan fingerprint density at radius 1 is 0.882 bits per heavy atom. The van der Waals surface area contributed by atoms with E-state index >= 15 is 0 Å². The number of Topliss-reactive ketones (excluding diaryl/α,β-unsaturated/α-hetero) is 2. The second kappa shape index (κ2) is 8.94. The normalized spacial score (nSPS) is 16.1. The fourth-order valence-corrected chi connectivity index (χ4v) is 3.75. The Balaban J connectivity index is 1.68. The molecule has 1 unspecified atom stereocenters. The molecule has 0 saturated heterocycles. The Morgan fingerprint density at radius 3 is 2.15 bits per heavy atom. The highest BCUT2D eigenvalue weighted by molar-refractivity contribution is 6.38. The maximum absolute atomic E-state index is 12.8. The number of hydrogen-bond acceptors (Lipinski definition) is 8. The monoisotopic (exact) mass is 456 g/mol. The predicted molar refractivity (Wildman–Crippen MR) is 125 cm³/mol. The SMILES string of the molecule is CC(=O)C1C(=O)c2c(cccc2[N+](=O)[O-])C1=Nc1ccc(N=Cc2ccccc2[N+](=O)[O-])cc1. The summed E-state index contributed by atoms with van der Waals surface area (Å²) in [5.74, 6) is -2.31. The van der Waals surface area contributed by atoms with Crippen molar-refractivity contribution in [1.29, 1.82) is 0 Å². The lowest BCUT2D eigenvalue weighted by Gasteiger charge is -2.06. The van der Waals surface area contributed by atoms with Crippen LogP contribution in [0.25, 0.3) is 0 Å². The third kappa shape index (κ3) is 4.11. The first-order valence-electron chi connectivity index (χ1n) is 10.1. The second-order valence-electron chi connectivity index (χ2n) is 7.45. The summed E-state index contributed by atoms with van der Waals surface area (Å²) in [6.07, 6.45) is 1.38. The van der Waals surface area contributed by atoms with Gasteiger partial charge in [0.2, 0.25) is 0 Å². The lowest BCUT2D eigenvalue weighted by molar-refractivity contribution is -0.385. The number of nitro benzene ring substituents is 2. The molecule has 1 atom stereocenters. The van der Waals surface area contributed by atoms with Gasteiger partial charge in [0, 0.05) is 23.9 Å². The van der Waals surface area contributed by atoms with Crippen molar-refractivity contribution >= 4 is 46.2 Å². The van der Waals surface area contributed by atoms with Gasteiger partial charge in [-0.1, -0.05) is 24.3 Å². The third-order valence-corrected chi connectivity index (χ3v) is 5.29. The molecule has 0 bridgehead atoms. The Morgan fingerprint density at radius 2 is 1.50 bits per heavy atom. The lowest BCUT2D eigenvalue weighted by Crippen LogP contribution is -2.23. The first-order valence-corrected chi connectivity index (χ1v) is 10.1. The number of rotatable bonds is 6. The van der Waals surface area contributed by atoms with Crippen molar-refractivity contribution in [2.75, 3.05) is 0 Å². The molecular formula is C24H16N4O6. The van der Waals surface area contributed by atoms with Crippen molar-refractivity contribution in [3.63, 3.8) is 0 Å². The van der Waals surface area contributed by atoms with Gasteiger partial charge in [-0.3, -0.25) is 39.8 Å². The molecule has 1 aliphatic rings. The number of fused-ring (bicyclic) bond motifs is 1. The highest BCUT2D eigenvalue weighted by Gasteiger charge is 2.43. The fourth-order valence-electron chi connectivity index (χ4n) is 3.75. The van der Waals surface area contributed by atoms with Crippen LogP contribution in [0.4, 0.5) is 22.7 Å². The molecule has 34 heavy (non-hydrogen) atoms. The maximum Gasteiger partial charge on any atom is 0.280 e. The van der Waals surface area contributed by atoms with Gasteiger partial charge in [0.15, 0.2) is 5.78 Å². The number of para-hydroxylation sites is 1. The van der Waals surface area contributed by atoms with Crippen LogP contribution in [0, 0.1) is 26.1 Å². The van der Waals surface area contributed by atoms with Gasteiger partial charge in [0.1, 0.15) is 17.3 Å². The molecular weight excluding hydrogens is 440 g/mol. The average Bonchev–Trinajstić information content (AvgIpc) is 3.10. The summed E-state index contributed by atoms with van der Waals surface area (Å²) in [4.78, 5) is 55.1. The Hall–Kier alpha value is -4.86. The quantitative estimate of drug-likeness (QED) is 0.226. The van der Waals surface area contributed by atoms with E-state index in [2.05, 4.69) is 9.98 Å². The molecule has 0 spiro atoms. The van der Waals surface area contributed by atoms with Gasteiger partial charge < -0.3 is 0 Å². The standard InChI is InChI=1S/C24H16N4O6/c1-14(29)21-23(18-6-4-8-20(28(33)34)22(18)24(21)30)26-17-11-9-16(10-12-17)25-13-15-5-2-3-7-19(15)27(31)32/h2-13,21H,1H3. The van der Waals surface area contributed by atoms with E-state index in [4.69, 9.17) is 0 Å². The topological polar surface area (TPSA) is 145 Å². The first kappa shape index (κ1) is 22.3. The van der Waals surface area contributed by atoms with Gasteiger partial charge in [-0.2, -0.15) is 0 Å². The summed E-state index contributed by atoms with van der Waals surface area (Å²) < 4.78 is 0. The molecule has 0 amide bonds. The molecule has 10 heteroatoms. The summed E-state index contributed by atoms with van der Waals surface area (Å²) in [6, 6.07) is 16.9. The van der Waals surface area contributed by atoms with E-state index in [1.54, 1.807) is 42.5 Å². The van der Waals surface area contributed by atoms with Crippen molar-refractivity contribution in [3.8, 4) is 0 Å². The highest BCUT2D eigenvalue weighted by Crippen LogP contribution is 2.36. The number of nitro groups is 2. The van der Waals surface area contributed by atoms with E-state index < -0.39 is 27.3 Å². The highest BCUT2D eigenvalue weighted by atomic mass is 16.6. The van der Waals surface area contributed by atoms with Crippen LogP contribution in [0.3, 0.4) is 0 Å². The number of carbonyl (C=O) groups excluding carboxylic acids is 2. The molecule has 3 aromatic rings. The molecule has 4 rings (SSSR count). The van der Waals surface area contributed by atoms with E-state index in [0.29, 0.717) is 16.9 Å². The summed E-state index contributed by atoms with van der Waals surface area (Å²) in [5.41, 5.74) is 1.15. The Bertz CT molecular complexity index is 1410. The van der Waals surface area contributed by atoms with Crippen LogP contribution in [-0.4, -0.2) is 33.3 Å². The van der Waals surface area contributed by atoms with Gasteiger partial charge in [-0.05, 0) is 37.3 Å². The van der Waals surface area contributed by atoms with Crippen molar-refractivity contribution < 1.29 is 19.4 Å². The minimum absolute atomic E-state index is 0.0665. The van der Waals surface area contributed by atoms with Crippen LogP contribution in [0.2, 0.25) is 0 Å². The van der Waals surface area contributed by atoms with E-state index in [0.717, 1.165) is 0 Å². The molecule has 0 N–H and O–H groups in total. The van der Waals surface area contributed by atoms with Crippen LogP contribution in [0.5, 0.6) is 0 Å². The van der Waals surface area contributed by atoms with E-state index in [1.807, 2.05) is 0 Å². The predicted octanol–water partition coefficient (Wildman–Crippen LogP) is 4.78. The summed E-state index contributed by atoms with van der Waals surface area (Å²) >= 11 is 0. The molecule has 3 aromatic carbocycles. The van der Waals surface area contributed by atoms with Crippen LogP contribution in [-0.2, 0) is 4.79 Å². The van der Waals surface area contributed by atoms with Gasteiger partial charge >= 0.3 is 0 Å². The third-order valence-electron chi connectivity index (χ3n) is 5.29. The average molecular weight is 456 g/mol. The minimum Gasteiger partial charge on any atom is -0.299 e. The fraction of sp³-hybridized carbons (Fsp3) is 0.0833. The van der Waals surface area contributed by atoms with E-state index in [9.17, 15) is 29.8 Å². The van der Waals surface area contributed by atoms with Crippen LogP contribution in [0.1, 0.15) is 28.4 Å². The number of carbonyl (C=O) groups is 2. The smallest absolute Gasteiger partial charge is 0.280 e. The molecule has 168 valence electrons. The van der Waals surface area contributed by atoms with Gasteiger partial charge in [-0.15, -0.1) is 0 Å². The molecule has 0 radical (unpaired) electrons.